The van der Waals surface area contributed by atoms with Gasteiger partial charge in [-0.2, -0.15) is 0 Å². The van der Waals surface area contributed by atoms with Crippen molar-refractivity contribution in [1.29, 1.82) is 0 Å². The van der Waals surface area contributed by atoms with Crippen LogP contribution in [-0.4, -0.2) is 32.4 Å². The Morgan fingerprint density at radius 1 is 0.957 bits per heavy atom. The first-order valence-corrected chi connectivity index (χ1v) is 9.70. The maximum absolute atomic E-state index is 11.7. The monoisotopic (exact) mass is 328 g/mol. The third kappa shape index (κ3) is 3.60. The van der Waals surface area contributed by atoms with Gasteiger partial charge in [-0.3, -0.25) is 4.79 Å². The van der Waals surface area contributed by atoms with E-state index < -0.39 is 14.9 Å². The molecule has 0 radical (unpaired) electrons. The van der Waals surface area contributed by atoms with Crippen molar-refractivity contribution in [2.45, 2.75) is 25.8 Å². The molecule has 0 heterocycles. The lowest BCUT2D eigenvalue weighted by Crippen LogP contribution is -2.67. The van der Waals surface area contributed by atoms with E-state index in [2.05, 4.69) is 45.0 Å². The van der Waals surface area contributed by atoms with Crippen molar-refractivity contribution in [1.82, 2.24) is 0 Å². The molecule has 0 atom stereocenters. The van der Waals surface area contributed by atoms with Gasteiger partial charge in [0.05, 0.1) is 6.61 Å². The molecule has 0 spiro atoms. The molecule has 0 unspecified atom stereocenters. The summed E-state index contributed by atoms with van der Waals surface area (Å²) < 4.78 is 6.35. The molecule has 1 N–H and O–H groups in total. The molecule has 0 aliphatic rings. The Labute approximate surface area is 139 Å². The molecule has 0 saturated carbocycles. The number of carbonyl (C=O) groups is 1. The molecule has 0 aromatic heterocycles. The summed E-state index contributed by atoms with van der Waals surface area (Å²) in [6.07, 6.45) is 0. The molecule has 0 amide bonds. The molecular weight excluding hydrogens is 304 g/mol. The summed E-state index contributed by atoms with van der Waals surface area (Å²) in [6, 6.07) is 20.3. The molecule has 0 bridgehead atoms. The van der Waals surface area contributed by atoms with Crippen LogP contribution in [0.5, 0.6) is 0 Å². The van der Waals surface area contributed by atoms with Crippen LogP contribution in [0, 0.1) is 0 Å². The van der Waals surface area contributed by atoms with Gasteiger partial charge in [-0.25, -0.2) is 0 Å². The molecule has 0 fully saturated rings. The first-order chi connectivity index (χ1) is 10.9. The summed E-state index contributed by atoms with van der Waals surface area (Å²) in [5.41, 5.74) is 0. The Hall–Kier alpha value is -1.75. The van der Waals surface area contributed by atoms with Crippen molar-refractivity contribution < 1.29 is 14.3 Å². The summed E-state index contributed by atoms with van der Waals surface area (Å²) >= 11 is 0. The first kappa shape index (κ1) is 17.6. The number of hydrogen-bond acceptors (Lipinski definition) is 3. The van der Waals surface area contributed by atoms with Crippen molar-refractivity contribution in [3.05, 3.63) is 60.7 Å². The number of hydrogen-bond donors (Lipinski definition) is 1. The Bertz CT molecular complexity index is 593. The van der Waals surface area contributed by atoms with Crippen LogP contribution in [0.1, 0.15) is 20.8 Å². The zero-order chi connectivity index (χ0) is 16.9. The molecule has 122 valence electrons. The van der Waals surface area contributed by atoms with Gasteiger partial charge in [0, 0.05) is 0 Å². The van der Waals surface area contributed by atoms with E-state index >= 15 is 0 Å². The maximum Gasteiger partial charge on any atom is 0.261 e. The Balaban J connectivity index is 2.62. The average Bonchev–Trinajstić information content (AvgIpc) is 2.56. The van der Waals surface area contributed by atoms with Gasteiger partial charge in [-0.15, -0.1) is 0 Å². The highest BCUT2D eigenvalue weighted by molar-refractivity contribution is 6.99. The fourth-order valence-electron chi connectivity index (χ4n) is 3.00. The topological polar surface area (TPSA) is 46.5 Å². The van der Waals surface area contributed by atoms with Gasteiger partial charge in [-0.05, 0) is 15.4 Å². The van der Waals surface area contributed by atoms with Crippen molar-refractivity contribution in [3.8, 4) is 0 Å². The van der Waals surface area contributed by atoms with Crippen molar-refractivity contribution in [2.75, 3.05) is 13.2 Å². The van der Waals surface area contributed by atoms with E-state index in [4.69, 9.17) is 9.53 Å². The van der Waals surface area contributed by atoms with Crippen molar-refractivity contribution in [2.24, 2.45) is 0 Å². The van der Waals surface area contributed by atoms with Gasteiger partial charge >= 0.3 is 0 Å². The van der Waals surface area contributed by atoms with Gasteiger partial charge in [0.1, 0.15) is 6.61 Å². The van der Waals surface area contributed by atoms with Gasteiger partial charge in [0.25, 0.3) is 8.32 Å². The molecule has 0 aliphatic carbocycles. The van der Waals surface area contributed by atoms with Crippen LogP contribution in [0.25, 0.3) is 0 Å². The van der Waals surface area contributed by atoms with E-state index in [-0.39, 0.29) is 17.4 Å². The minimum absolute atomic E-state index is 0.0657. The standard InChI is InChI=1S/C19H24O3Si/c1-19(2,3)23(22-15-16(21)14-20,17-10-6-4-7-11-17)18-12-8-5-9-13-18/h4-13,20H,14-15H2,1-3H3. The molecule has 0 aliphatic heterocycles. The molecule has 3 nitrogen and oxygen atoms in total. The van der Waals surface area contributed by atoms with Crippen LogP contribution < -0.4 is 10.4 Å². The van der Waals surface area contributed by atoms with Crippen molar-refractivity contribution >= 4 is 24.5 Å². The van der Waals surface area contributed by atoms with E-state index in [1.165, 1.54) is 0 Å². The third-order valence-corrected chi connectivity index (χ3v) is 9.03. The fraction of sp³-hybridized carbons (Fsp3) is 0.316. The SMILES string of the molecule is CC(C)(C)[Si](OCC(=O)CO)(c1ccccc1)c1ccccc1. The second-order valence-corrected chi connectivity index (χ2v) is 11.0. The first-order valence-electron chi connectivity index (χ1n) is 7.79. The maximum atomic E-state index is 11.7. The Morgan fingerprint density at radius 2 is 1.39 bits per heavy atom. The zero-order valence-corrected chi connectivity index (χ0v) is 15.0. The zero-order valence-electron chi connectivity index (χ0n) is 14.0. The van der Waals surface area contributed by atoms with E-state index in [1.807, 2.05) is 36.4 Å². The van der Waals surface area contributed by atoms with E-state index in [0.717, 1.165) is 10.4 Å². The van der Waals surface area contributed by atoms with Gasteiger partial charge in [0.15, 0.2) is 5.78 Å². The smallest absolute Gasteiger partial charge is 0.261 e. The highest BCUT2D eigenvalue weighted by Crippen LogP contribution is 2.36. The van der Waals surface area contributed by atoms with Crippen LogP contribution >= 0.6 is 0 Å². The van der Waals surface area contributed by atoms with Crippen LogP contribution in [0.3, 0.4) is 0 Å². The van der Waals surface area contributed by atoms with Gasteiger partial charge < -0.3 is 9.53 Å². The van der Waals surface area contributed by atoms with Crippen LogP contribution in [0.2, 0.25) is 5.04 Å². The van der Waals surface area contributed by atoms with E-state index in [0.29, 0.717) is 0 Å². The number of aliphatic hydroxyl groups is 1. The molecule has 0 saturated heterocycles. The molecular formula is C19H24O3Si. The summed E-state index contributed by atoms with van der Waals surface area (Å²) in [5.74, 6) is -0.294. The number of rotatable bonds is 6. The largest absolute Gasteiger partial charge is 0.400 e. The van der Waals surface area contributed by atoms with Crippen LogP contribution in [0.15, 0.2) is 60.7 Å². The van der Waals surface area contributed by atoms with Gasteiger partial charge in [0.2, 0.25) is 0 Å². The summed E-state index contributed by atoms with van der Waals surface area (Å²) in [7, 11) is -2.66. The van der Waals surface area contributed by atoms with Crippen LogP contribution in [0.4, 0.5) is 0 Å². The van der Waals surface area contributed by atoms with E-state index in [9.17, 15) is 4.79 Å². The summed E-state index contributed by atoms with van der Waals surface area (Å²) in [6.45, 7) is 5.91. The number of Topliss-reactive ketones (excluding diaryl/α,β-unsaturated/α-hetero) is 1. The minimum Gasteiger partial charge on any atom is -0.400 e. The molecule has 2 aromatic carbocycles. The average molecular weight is 328 g/mol. The third-order valence-electron chi connectivity index (χ3n) is 4.04. The minimum atomic E-state index is -2.66. The number of carbonyl (C=O) groups excluding carboxylic acids is 1. The summed E-state index contributed by atoms with van der Waals surface area (Å²) in [5, 5.41) is 11.2. The Kier molecular flexibility index (Phi) is 5.52. The predicted molar refractivity (Wildman–Crippen MR) is 95.7 cm³/mol. The quantitative estimate of drug-likeness (QED) is 0.826. The number of ketones is 1. The fourth-order valence-corrected chi connectivity index (χ4v) is 7.53. The lowest BCUT2D eigenvalue weighted by atomic mass is 10.2. The van der Waals surface area contributed by atoms with Crippen LogP contribution in [-0.2, 0) is 9.22 Å². The second-order valence-electron chi connectivity index (χ2n) is 6.65. The normalized spacial score (nSPS) is 12.2. The van der Waals surface area contributed by atoms with E-state index in [1.54, 1.807) is 0 Å². The van der Waals surface area contributed by atoms with Gasteiger partial charge in [-0.1, -0.05) is 81.4 Å². The highest BCUT2D eigenvalue weighted by atomic mass is 28.4. The summed E-state index contributed by atoms with van der Waals surface area (Å²) in [4.78, 5) is 11.7. The molecule has 2 rings (SSSR count). The molecule has 4 heteroatoms. The number of benzene rings is 2. The molecule has 23 heavy (non-hydrogen) atoms. The number of aliphatic hydroxyl groups excluding tert-OH is 1. The predicted octanol–water partition coefficient (Wildman–Crippen LogP) is 2.12. The lowest BCUT2D eigenvalue weighted by Gasteiger charge is -2.42. The second kappa shape index (κ2) is 7.21. The van der Waals surface area contributed by atoms with Crippen molar-refractivity contribution in [3.63, 3.8) is 0 Å². The lowest BCUT2D eigenvalue weighted by molar-refractivity contribution is -0.123. The molecule has 2 aromatic rings. The highest BCUT2D eigenvalue weighted by Gasteiger charge is 2.50. The Morgan fingerprint density at radius 3 is 1.74 bits per heavy atom.